The molecule has 1 aromatic heterocycles. The average Bonchev–Trinajstić information content (AvgIpc) is 2.81. The Labute approximate surface area is 137 Å². The molecule has 0 spiro atoms. The van der Waals surface area contributed by atoms with Crippen LogP contribution in [0.5, 0.6) is 0 Å². The smallest absolute Gasteiger partial charge is 0.190 e. The first-order valence-corrected chi connectivity index (χ1v) is 7.35. The van der Waals surface area contributed by atoms with Crippen LogP contribution in [-0.4, -0.2) is 31.1 Å². The van der Waals surface area contributed by atoms with Crippen molar-refractivity contribution in [2.45, 2.75) is 33.6 Å². The highest BCUT2D eigenvalue weighted by atomic mass is 127. The second-order valence-electron chi connectivity index (χ2n) is 4.60. The molecule has 6 heteroatoms. The first-order chi connectivity index (χ1) is 8.65. The van der Waals surface area contributed by atoms with Crippen molar-refractivity contribution in [3.8, 4) is 0 Å². The predicted octanol–water partition coefficient (Wildman–Crippen LogP) is 2.69. The number of nitrogens with one attached hydrogen (secondary N) is 2. The third-order valence-electron chi connectivity index (χ3n) is 2.48. The van der Waals surface area contributed by atoms with Gasteiger partial charge in [-0.05, 0) is 12.3 Å². The highest BCUT2D eigenvalue weighted by molar-refractivity contribution is 14.0. The summed E-state index contributed by atoms with van der Waals surface area (Å²) >= 11 is 1.80. The predicted molar refractivity (Wildman–Crippen MR) is 94.8 cm³/mol. The van der Waals surface area contributed by atoms with E-state index in [9.17, 15) is 0 Å². The minimum atomic E-state index is 0. The maximum absolute atomic E-state index is 4.40. The van der Waals surface area contributed by atoms with Crippen LogP contribution in [0.1, 0.15) is 30.7 Å². The molecule has 110 valence electrons. The van der Waals surface area contributed by atoms with Gasteiger partial charge in [0.05, 0.1) is 5.01 Å². The number of aryl methyl sites for hydroxylation is 1. The minimum Gasteiger partial charge on any atom is -0.356 e. The number of hydrogen-bond donors (Lipinski definition) is 2. The summed E-state index contributed by atoms with van der Waals surface area (Å²) in [5.41, 5.74) is 0. The van der Waals surface area contributed by atoms with Crippen LogP contribution in [-0.2, 0) is 12.8 Å². The van der Waals surface area contributed by atoms with Crippen molar-refractivity contribution in [3.63, 3.8) is 0 Å². The summed E-state index contributed by atoms with van der Waals surface area (Å²) in [6.07, 6.45) is 4.00. The van der Waals surface area contributed by atoms with E-state index >= 15 is 0 Å². The van der Waals surface area contributed by atoms with Crippen molar-refractivity contribution >= 4 is 41.3 Å². The Morgan fingerprint density at radius 2 is 2.16 bits per heavy atom. The van der Waals surface area contributed by atoms with Gasteiger partial charge in [-0.15, -0.1) is 35.3 Å². The Bertz CT molecular complexity index is 376. The maximum Gasteiger partial charge on any atom is 0.190 e. The van der Waals surface area contributed by atoms with E-state index in [1.54, 1.807) is 18.4 Å². The lowest BCUT2D eigenvalue weighted by Gasteiger charge is -2.12. The van der Waals surface area contributed by atoms with Crippen LogP contribution < -0.4 is 10.6 Å². The molecule has 0 atom stereocenters. The molecule has 0 radical (unpaired) electrons. The summed E-state index contributed by atoms with van der Waals surface area (Å²) < 4.78 is 0. The Kier molecular flexibility index (Phi) is 10.2. The molecule has 0 aliphatic heterocycles. The lowest BCUT2D eigenvalue weighted by molar-refractivity contribution is 0.614. The van der Waals surface area contributed by atoms with Gasteiger partial charge in [0.2, 0.25) is 0 Å². The van der Waals surface area contributed by atoms with E-state index in [2.05, 4.69) is 41.4 Å². The summed E-state index contributed by atoms with van der Waals surface area (Å²) in [5, 5.41) is 7.79. The van der Waals surface area contributed by atoms with E-state index < -0.39 is 0 Å². The van der Waals surface area contributed by atoms with Crippen LogP contribution in [0.25, 0.3) is 0 Å². The standard InChI is InChI=1S/C13H24N4S.HI/c1-5-11-9-16-12(18-11)6-7-15-13(14-4)17-8-10(2)3;/h9-10H,5-8H2,1-4H3,(H2,14,15,17);1H. The second-order valence-corrected chi connectivity index (χ2v) is 5.80. The summed E-state index contributed by atoms with van der Waals surface area (Å²) in [6.45, 7) is 8.34. The van der Waals surface area contributed by atoms with Crippen LogP contribution in [0.15, 0.2) is 11.2 Å². The minimum absolute atomic E-state index is 0. The van der Waals surface area contributed by atoms with Gasteiger partial charge in [0.25, 0.3) is 0 Å². The van der Waals surface area contributed by atoms with Crippen molar-refractivity contribution in [3.05, 3.63) is 16.1 Å². The molecule has 4 nitrogen and oxygen atoms in total. The van der Waals surface area contributed by atoms with Gasteiger partial charge in [-0.2, -0.15) is 0 Å². The van der Waals surface area contributed by atoms with Crippen LogP contribution >= 0.6 is 35.3 Å². The molecule has 0 aliphatic rings. The van der Waals surface area contributed by atoms with Crippen molar-refractivity contribution in [1.29, 1.82) is 0 Å². The molecule has 0 amide bonds. The molecule has 0 bridgehead atoms. The fraction of sp³-hybridized carbons (Fsp3) is 0.692. The largest absolute Gasteiger partial charge is 0.356 e. The summed E-state index contributed by atoms with van der Waals surface area (Å²) in [5.74, 6) is 1.49. The number of guanidine groups is 1. The van der Waals surface area contributed by atoms with Gasteiger partial charge in [0.1, 0.15) is 0 Å². The molecule has 0 unspecified atom stereocenters. The molecular weight excluding hydrogens is 371 g/mol. The van der Waals surface area contributed by atoms with E-state index in [4.69, 9.17) is 0 Å². The van der Waals surface area contributed by atoms with Gasteiger partial charge in [-0.3, -0.25) is 4.99 Å². The van der Waals surface area contributed by atoms with Crippen molar-refractivity contribution in [2.75, 3.05) is 20.1 Å². The number of aromatic nitrogens is 1. The molecule has 0 aromatic carbocycles. The number of thiazole rings is 1. The van der Waals surface area contributed by atoms with Crippen molar-refractivity contribution in [1.82, 2.24) is 15.6 Å². The molecule has 1 aromatic rings. The number of aliphatic imine (C=N–C) groups is 1. The van der Waals surface area contributed by atoms with E-state index in [-0.39, 0.29) is 24.0 Å². The second kappa shape index (κ2) is 10.4. The normalized spacial score (nSPS) is 11.3. The van der Waals surface area contributed by atoms with Gasteiger partial charge in [-0.1, -0.05) is 20.8 Å². The van der Waals surface area contributed by atoms with E-state index in [1.807, 2.05) is 6.20 Å². The average molecular weight is 396 g/mol. The highest BCUT2D eigenvalue weighted by Crippen LogP contribution is 2.13. The van der Waals surface area contributed by atoms with Gasteiger partial charge < -0.3 is 10.6 Å². The number of hydrogen-bond acceptors (Lipinski definition) is 3. The molecule has 0 aliphatic carbocycles. The van der Waals surface area contributed by atoms with E-state index in [0.717, 1.165) is 31.9 Å². The van der Waals surface area contributed by atoms with Crippen LogP contribution in [0.3, 0.4) is 0 Å². The van der Waals surface area contributed by atoms with Crippen LogP contribution in [0.2, 0.25) is 0 Å². The zero-order valence-electron chi connectivity index (χ0n) is 12.2. The van der Waals surface area contributed by atoms with E-state index in [1.165, 1.54) is 9.88 Å². The molecule has 0 saturated carbocycles. The molecule has 0 saturated heterocycles. The number of nitrogens with zero attached hydrogens (tertiary/aromatic N) is 2. The molecule has 0 fully saturated rings. The molecule has 19 heavy (non-hydrogen) atoms. The Morgan fingerprint density at radius 1 is 1.42 bits per heavy atom. The van der Waals surface area contributed by atoms with Crippen LogP contribution in [0.4, 0.5) is 0 Å². The van der Waals surface area contributed by atoms with Crippen molar-refractivity contribution in [2.24, 2.45) is 10.9 Å². The quantitative estimate of drug-likeness (QED) is 0.442. The Hall–Kier alpha value is -0.370. The van der Waals surface area contributed by atoms with Gasteiger partial charge in [0, 0.05) is 37.6 Å². The zero-order valence-corrected chi connectivity index (χ0v) is 15.3. The zero-order chi connectivity index (χ0) is 13.4. The summed E-state index contributed by atoms with van der Waals surface area (Å²) in [7, 11) is 1.80. The lowest BCUT2D eigenvalue weighted by Crippen LogP contribution is -2.39. The first-order valence-electron chi connectivity index (χ1n) is 6.53. The first kappa shape index (κ1) is 18.6. The lowest BCUT2D eigenvalue weighted by atomic mass is 10.2. The van der Waals surface area contributed by atoms with Gasteiger partial charge in [0.15, 0.2) is 5.96 Å². The maximum atomic E-state index is 4.40. The Morgan fingerprint density at radius 3 is 2.68 bits per heavy atom. The third-order valence-corrected chi connectivity index (χ3v) is 3.68. The fourth-order valence-corrected chi connectivity index (χ4v) is 2.30. The van der Waals surface area contributed by atoms with Crippen molar-refractivity contribution < 1.29 is 0 Å². The monoisotopic (exact) mass is 396 g/mol. The molecule has 2 N–H and O–H groups in total. The molecule has 1 heterocycles. The van der Waals surface area contributed by atoms with Gasteiger partial charge in [-0.25, -0.2) is 4.98 Å². The highest BCUT2D eigenvalue weighted by Gasteiger charge is 2.02. The SMILES string of the molecule is CCc1cnc(CCNC(=NC)NCC(C)C)s1.I. The van der Waals surface area contributed by atoms with E-state index in [0.29, 0.717) is 5.92 Å². The summed E-state index contributed by atoms with van der Waals surface area (Å²) in [6, 6.07) is 0. The third kappa shape index (κ3) is 7.71. The molecule has 1 rings (SSSR count). The fourth-order valence-electron chi connectivity index (χ4n) is 1.44. The number of rotatable bonds is 6. The van der Waals surface area contributed by atoms with Crippen LogP contribution in [0, 0.1) is 5.92 Å². The van der Waals surface area contributed by atoms with Gasteiger partial charge >= 0.3 is 0 Å². The Balaban J connectivity index is 0.00000324. The number of halogens is 1. The topological polar surface area (TPSA) is 49.3 Å². The summed E-state index contributed by atoms with van der Waals surface area (Å²) in [4.78, 5) is 9.95. The molecular formula is C13H25IN4S.